The van der Waals surface area contributed by atoms with Gasteiger partial charge in [-0.05, 0) is 12.8 Å². The van der Waals surface area contributed by atoms with Gasteiger partial charge >= 0.3 is 6.18 Å². The summed E-state index contributed by atoms with van der Waals surface area (Å²) in [7, 11) is 0. The van der Waals surface area contributed by atoms with Crippen LogP contribution in [0.4, 0.5) is 13.2 Å². The van der Waals surface area contributed by atoms with E-state index in [1.807, 2.05) is 10.8 Å². The minimum Gasteiger partial charge on any atom is -0.341 e. The Labute approximate surface area is 121 Å². The molecule has 2 rings (SSSR count). The molecular formula is C13H19F3N4O. The lowest BCUT2D eigenvalue weighted by molar-refractivity contribution is -0.134. The highest BCUT2D eigenvalue weighted by molar-refractivity contribution is 5.76. The van der Waals surface area contributed by atoms with Crippen molar-refractivity contribution in [2.45, 2.75) is 31.5 Å². The van der Waals surface area contributed by atoms with Gasteiger partial charge in [-0.25, -0.2) is 4.98 Å². The van der Waals surface area contributed by atoms with Crippen LogP contribution in [0.5, 0.6) is 0 Å². The number of amides is 1. The summed E-state index contributed by atoms with van der Waals surface area (Å²) in [6, 6.07) is 0.202. The van der Waals surface area contributed by atoms with E-state index < -0.39 is 12.7 Å². The summed E-state index contributed by atoms with van der Waals surface area (Å²) < 4.78 is 37.9. The lowest BCUT2D eigenvalue weighted by Crippen LogP contribution is -2.41. The molecule has 1 N–H and O–H groups in total. The number of hydrogen-bond donors (Lipinski definition) is 1. The van der Waals surface area contributed by atoms with Gasteiger partial charge in [0.2, 0.25) is 5.91 Å². The number of carbonyl (C=O) groups excluding carboxylic acids is 1. The molecule has 1 saturated heterocycles. The number of likely N-dealkylation sites (tertiary alicyclic amines) is 1. The van der Waals surface area contributed by atoms with Gasteiger partial charge in [-0.15, -0.1) is 0 Å². The third-order valence-corrected chi connectivity index (χ3v) is 3.54. The highest BCUT2D eigenvalue weighted by Crippen LogP contribution is 2.21. The molecule has 2 heterocycles. The second kappa shape index (κ2) is 6.93. The number of nitrogens with one attached hydrogen (secondary N) is 1. The first-order chi connectivity index (χ1) is 9.96. The van der Waals surface area contributed by atoms with Crippen LogP contribution in [0.2, 0.25) is 0 Å². The summed E-state index contributed by atoms with van der Waals surface area (Å²) in [5.41, 5.74) is 0. The zero-order chi connectivity index (χ0) is 15.3. The predicted molar refractivity (Wildman–Crippen MR) is 70.6 cm³/mol. The molecule has 0 aromatic carbocycles. The Morgan fingerprint density at radius 1 is 1.43 bits per heavy atom. The molecule has 0 spiro atoms. The molecule has 1 aromatic rings. The largest absolute Gasteiger partial charge is 0.401 e. The molecule has 1 amide bonds. The molecule has 5 nitrogen and oxygen atoms in total. The van der Waals surface area contributed by atoms with Crippen molar-refractivity contribution in [1.29, 1.82) is 0 Å². The van der Waals surface area contributed by atoms with Gasteiger partial charge in [-0.3, -0.25) is 4.79 Å². The van der Waals surface area contributed by atoms with E-state index in [9.17, 15) is 18.0 Å². The molecule has 0 radical (unpaired) electrons. The third-order valence-electron chi connectivity index (χ3n) is 3.54. The number of piperidine rings is 1. The van der Waals surface area contributed by atoms with Crippen molar-refractivity contribution >= 4 is 5.91 Å². The minimum absolute atomic E-state index is 0.0462. The number of hydrogen-bond acceptors (Lipinski definition) is 3. The molecule has 118 valence electrons. The molecule has 21 heavy (non-hydrogen) atoms. The van der Waals surface area contributed by atoms with Gasteiger partial charge < -0.3 is 14.8 Å². The predicted octanol–water partition coefficient (Wildman–Crippen LogP) is 1.59. The Kier molecular flexibility index (Phi) is 5.22. The zero-order valence-corrected chi connectivity index (χ0v) is 11.6. The van der Waals surface area contributed by atoms with Crippen LogP contribution in [0.25, 0.3) is 0 Å². The Balaban J connectivity index is 1.74. The van der Waals surface area contributed by atoms with E-state index in [0.29, 0.717) is 13.1 Å². The molecular weight excluding hydrogens is 285 g/mol. The van der Waals surface area contributed by atoms with Gasteiger partial charge in [0.25, 0.3) is 0 Å². The Bertz CT molecular complexity index is 447. The van der Waals surface area contributed by atoms with E-state index in [-0.39, 0.29) is 24.9 Å². The number of alkyl halides is 3. The lowest BCUT2D eigenvalue weighted by Gasteiger charge is -2.33. The first-order valence-electron chi connectivity index (χ1n) is 6.98. The van der Waals surface area contributed by atoms with Crippen molar-refractivity contribution in [3.8, 4) is 0 Å². The SMILES string of the molecule is O=C(CCNCC(F)(F)F)N1CCC[C@@H](n2ccnc2)C1. The number of nitrogens with zero attached hydrogens (tertiary/aromatic N) is 3. The summed E-state index contributed by atoms with van der Waals surface area (Å²) in [4.78, 5) is 17.7. The van der Waals surface area contributed by atoms with Crippen LogP contribution in [-0.4, -0.2) is 52.7 Å². The van der Waals surface area contributed by atoms with Gasteiger partial charge in [0.15, 0.2) is 0 Å². The van der Waals surface area contributed by atoms with E-state index in [1.54, 1.807) is 17.4 Å². The van der Waals surface area contributed by atoms with Crippen molar-refractivity contribution in [2.24, 2.45) is 0 Å². The molecule has 0 saturated carbocycles. The normalized spacial score (nSPS) is 19.8. The van der Waals surface area contributed by atoms with Crippen molar-refractivity contribution in [2.75, 3.05) is 26.2 Å². The van der Waals surface area contributed by atoms with Gasteiger partial charge in [0.05, 0.1) is 18.9 Å². The maximum atomic E-state index is 12.0. The van der Waals surface area contributed by atoms with Crippen molar-refractivity contribution < 1.29 is 18.0 Å². The van der Waals surface area contributed by atoms with Crippen molar-refractivity contribution in [3.63, 3.8) is 0 Å². The van der Waals surface area contributed by atoms with Gasteiger partial charge in [-0.2, -0.15) is 13.2 Å². The zero-order valence-electron chi connectivity index (χ0n) is 11.6. The van der Waals surface area contributed by atoms with Crippen LogP contribution < -0.4 is 5.32 Å². The molecule has 1 atom stereocenters. The number of rotatable bonds is 5. The summed E-state index contributed by atoms with van der Waals surface area (Å²) in [5.74, 6) is -0.102. The first-order valence-corrected chi connectivity index (χ1v) is 6.98. The van der Waals surface area contributed by atoms with Gasteiger partial charge in [0.1, 0.15) is 0 Å². The second-order valence-electron chi connectivity index (χ2n) is 5.19. The van der Waals surface area contributed by atoms with E-state index >= 15 is 0 Å². The molecule has 1 aliphatic heterocycles. The topological polar surface area (TPSA) is 50.2 Å². The summed E-state index contributed by atoms with van der Waals surface area (Å²) in [5, 5.41) is 2.25. The number of aromatic nitrogens is 2. The Hall–Kier alpha value is -1.57. The third kappa shape index (κ3) is 5.04. The van der Waals surface area contributed by atoms with Crippen LogP contribution in [0.3, 0.4) is 0 Å². The smallest absolute Gasteiger partial charge is 0.341 e. The van der Waals surface area contributed by atoms with Crippen LogP contribution in [-0.2, 0) is 4.79 Å². The Morgan fingerprint density at radius 3 is 2.90 bits per heavy atom. The van der Waals surface area contributed by atoms with E-state index in [4.69, 9.17) is 0 Å². The lowest BCUT2D eigenvalue weighted by atomic mass is 10.1. The van der Waals surface area contributed by atoms with Crippen molar-refractivity contribution in [3.05, 3.63) is 18.7 Å². The quantitative estimate of drug-likeness (QED) is 0.841. The molecule has 1 fully saturated rings. The van der Waals surface area contributed by atoms with Crippen LogP contribution >= 0.6 is 0 Å². The van der Waals surface area contributed by atoms with E-state index in [2.05, 4.69) is 10.3 Å². The van der Waals surface area contributed by atoms with Gasteiger partial charge in [-0.1, -0.05) is 0 Å². The average molecular weight is 304 g/mol. The Morgan fingerprint density at radius 2 is 2.24 bits per heavy atom. The molecule has 0 aliphatic carbocycles. The van der Waals surface area contributed by atoms with E-state index in [1.165, 1.54) is 0 Å². The standard InChI is InChI=1S/C13H19F3N4O/c14-13(15,16)9-17-4-3-12(21)19-6-1-2-11(8-19)20-7-5-18-10-20/h5,7,10-11,17H,1-4,6,8-9H2/t11-/m1/s1. The summed E-state index contributed by atoms with van der Waals surface area (Å²) >= 11 is 0. The average Bonchev–Trinajstić information content (AvgIpc) is 2.96. The minimum atomic E-state index is -4.24. The van der Waals surface area contributed by atoms with E-state index in [0.717, 1.165) is 12.8 Å². The van der Waals surface area contributed by atoms with Crippen LogP contribution in [0, 0.1) is 0 Å². The fraction of sp³-hybridized carbons (Fsp3) is 0.692. The molecule has 0 unspecified atom stereocenters. The molecule has 1 aromatic heterocycles. The monoisotopic (exact) mass is 304 g/mol. The maximum absolute atomic E-state index is 12.0. The first kappa shape index (κ1) is 15.8. The molecule has 0 bridgehead atoms. The van der Waals surface area contributed by atoms with Gasteiger partial charge in [0, 0.05) is 38.4 Å². The number of imidazole rings is 1. The highest BCUT2D eigenvalue weighted by atomic mass is 19.4. The number of halogens is 3. The maximum Gasteiger partial charge on any atom is 0.401 e. The number of carbonyl (C=O) groups is 1. The summed E-state index contributed by atoms with van der Waals surface area (Å²) in [6.07, 6.45) is 3.01. The van der Waals surface area contributed by atoms with Crippen molar-refractivity contribution in [1.82, 2.24) is 19.8 Å². The van der Waals surface area contributed by atoms with Crippen LogP contribution in [0.15, 0.2) is 18.7 Å². The fourth-order valence-corrected chi connectivity index (χ4v) is 2.49. The summed E-state index contributed by atoms with van der Waals surface area (Å²) in [6.45, 7) is 0.250. The van der Waals surface area contributed by atoms with Crippen LogP contribution in [0.1, 0.15) is 25.3 Å². The fourth-order valence-electron chi connectivity index (χ4n) is 2.49. The highest BCUT2D eigenvalue weighted by Gasteiger charge is 2.27. The molecule has 1 aliphatic rings. The second-order valence-corrected chi connectivity index (χ2v) is 5.19. The molecule has 8 heteroatoms.